The van der Waals surface area contributed by atoms with E-state index in [-0.39, 0.29) is 30.4 Å². The summed E-state index contributed by atoms with van der Waals surface area (Å²) < 4.78 is 14.2. The lowest BCUT2D eigenvalue weighted by atomic mass is 10.0. The van der Waals surface area contributed by atoms with Crippen molar-refractivity contribution in [2.45, 2.75) is 40.0 Å². The summed E-state index contributed by atoms with van der Waals surface area (Å²) in [5.74, 6) is 0.225. The summed E-state index contributed by atoms with van der Waals surface area (Å²) in [7, 11) is 1.67. The molecule has 0 saturated carbocycles. The van der Waals surface area contributed by atoms with Gasteiger partial charge >= 0.3 is 5.97 Å². The Labute approximate surface area is 154 Å². The minimum absolute atomic E-state index is 0.0229. The number of nitrogens with zero attached hydrogens (tertiary/aromatic N) is 2. The van der Waals surface area contributed by atoms with E-state index in [1.165, 1.54) is 10.6 Å². The molecule has 0 aliphatic carbocycles. The van der Waals surface area contributed by atoms with Crippen LogP contribution in [0, 0.1) is 6.92 Å². The molecule has 7 heteroatoms. The lowest BCUT2D eigenvalue weighted by molar-refractivity contribution is -0.144. The van der Waals surface area contributed by atoms with Crippen molar-refractivity contribution in [2.24, 2.45) is 7.05 Å². The predicted octanol–water partition coefficient (Wildman–Crippen LogP) is 2.36. The van der Waals surface area contributed by atoms with Gasteiger partial charge in [-0.25, -0.2) is 0 Å². The zero-order valence-corrected chi connectivity index (χ0v) is 15.5. The monoisotopic (exact) mass is 368 g/mol. The highest BCUT2D eigenvalue weighted by molar-refractivity contribution is 6.05. The molecule has 1 aromatic carbocycles. The van der Waals surface area contributed by atoms with Crippen LogP contribution in [0.4, 0.5) is 0 Å². The van der Waals surface area contributed by atoms with Gasteiger partial charge in [-0.05, 0) is 25.0 Å². The normalized spacial score (nSPS) is 12.6. The molecule has 0 saturated heterocycles. The maximum Gasteiger partial charge on any atom is 0.306 e. The first kappa shape index (κ1) is 17.3. The van der Waals surface area contributed by atoms with Gasteiger partial charge in [-0.15, -0.1) is 0 Å². The fraction of sp³-hybridized carbons (Fsp3) is 0.350. The highest BCUT2D eigenvalue weighted by Gasteiger charge is 2.24. The van der Waals surface area contributed by atoms with Crippen LogP contribution in [0.1, 0.15) is 30.9 Å². The lowest BCUT2D eigenvalue weighted by Gasteiger charge is -2.14. The molecule has 140 valence electrons. The largest absolute Gasteiger partial charge is 0.468 e. The van der Waals surface area contributed by atoms with E-state index in [9.17, 15) is 14.4 Å². The van der Waals surface area contributed by atoms with Gasteiger partial charge in [0.2, 0.25) is 0 Å². The number of benzene rings is 1. The van der Waals surface area contributed by atoms with Gasteiger partial charge in [0.15, 0.2) is 12.5 Å². The number of aryl methyl sites for hydroxylation is 2. The Morgan fingerprint density at radius 3 is 2.67 bits per heavy atom. The number of esters is 1. The quantitative estimate of drug-likeness (QED) is 0.522. The highest BCUT2D eigenvalue weighted by atomic mass is 16.5. The average molecular weight is 368 g/mol. The first-order valence-corrected chi connectivity index (χ1v) is 8.90. The third-order valence-electron chi connectivity index (χ3n) is 5.02. The van der Waals surface area contributed by atoms with Gasteiger partial charge < -0.3 is 14.0 Å². The van der Waals surface area contributed by atoms with Crippen LogP contribution in [0.5, 0.6) is 5.75 Å². The van der Waals surface area contributed by atoms with E-state index in [1.54, 1.807) is 17.7 Å². The van der Waals surface area contributed by atoms with Crippen molar-refractivity contribution in [3.05, 3.63) is 50.0 Å². The van der Waals surface area contributed by atoms with Gasteiger partial charge in [0.1, 0.15) is 6.61 Å². The molecule has 0 atom stereocenters. The summed E-state index contributed by atoms with van der Waals surface area (Å²) in [6.07, 6.45) is 1.04. The van der Waals surface area contributed by atoms with Crippen molar-refractivity contribution in [2.75, 3.05) is 0 Å². The molecule has 0 radical (unpaired) electrons. The Bertz CT molecular complexity index is 1220. The fourth-order valence-corrected chi connectivity index (χ4v) is 3.62. The number of hydrogen-bond donors (Lipinski definition) is 0. The van der Waals surface area contributed by atoms with Crippen molar-refractivity contribution in [3.8, 4) is 5.75 Å². The SMILES string of the molecule is CCCC(=O)OCc1cc(=O)n(C)c2c3c4c(cc12)c(C)cc(=O)n4CO3. The molecule has 0 amide bonds. The molecule has 4 rings (SSSR count). The molecule has 0 spiro atoms. The molecule has 0 fully saturated rings. The average Bonchev–Trinajstić information content (AvgIpc) is 3.07. The van der Waals surface area contributed by atoms with Gasteiger partial charge in [0, 0.05) is 41.9 Å². The second-order valence-electron chi connectivity index (χ2n) is 6.84. The Hall–Kier alpha value is -3.09. The molecular formula is C20H20N2O5. The maximum absolute atomic E-state index is 12.5. The number of carbonyl (C=O) groups excluding carboxylic acids is 1. The third kappa shape index (κ3) is 2.61. The molecule has 3 aromatic rings. The molecule has 27 heavy (non-hydrogen) atoms. The second-order valence-corrected chi connectivity index (χ2v) is 6.84. The Balaban J connectivity index is 2.01. The van der Waals surface area contributed by atoms with E-state index in [1.807, 2.05) is 19.9 Å². The van der Waals surface area contributed by atoms with Gasteiger partial charge in [0.05, 0.1) is 11.0 Å². The first-order chi connectivity index (χ1) is 12.9. The number of carbonyl (C=O) groups is 1. The Morgan fingerprint density at radius 2 is 1.93 bits per heavy atom. The molecular weight excluding hydrogens is 348 g/mol. The summed E-state index contributed by atoms with van der Waals surface area (Å²) in [6.45, 7) is 3.92. The molecule has 0 N–H and O–H groups in total. The van der Waals surface area contributed by atoms with Crippen molar-refractivity contribution < 1.29 is 14.3 Å². The molecule has 1 aliphatic rings. The third-order valence-corrected chi connectivity index (χ3v) is 5.02. The van der Waals surface area contributed by atoms with Crippen LogP contribution in [-0.2, 0) is 29.9 Å². The van der Waals surface area contributed by atoms with Crippen LogP contribution in [-0.4, -0.2) is 15.1 Å². The summed E-state index contributed by atoms with van der Waals surface area (Å²) in [4.78, 5) is 36.5. The molecule has 7 nitrogen and oxygen atoms in total. The van der Waals surface area contributed by atoms with Crippen molar-refractivity contribution in [1.29, 1.82) is 0 Å². The van der Waals surface area contributed by atoms with E-state index in [0.29, 0.717) is 35.2 Å². The van der Waals surface area contributed by atoms with E-state index in [0.717, 1.165) is 16.3 Å². The Morgan fingerprint density at radius 1 is 1.15 bits per heavy atom. The molecule has 0 bridgehead atoms. The molecule has 2 aromatic heterocycles. The number of hydrogen-bond acceptors (Lipinski definition) is 5. The van der Waals surface area contributed by atoms with E-state index < -0.39 is 0 Å². The summed E-state index contributed by atoms with van der Waals surface area (Å²) >= 11 is 0. The van der Waals surface area contributed by atoms with Crippen molar-refractivity contribution >= 4 is 27.8 Å². The second kappa shape index (κ2) is 6.26. The standard InChI is InChI=1S/C20H20N2O5/c1-4-5-17(25)26-9-12-7-15(23)21(3)18-14(12)8-13-11(2)6-16(24)22-10-27-20(18)19(13)22/h6-8H,4-5,9-10H2,1-3H3. The van der Waals surface area contributed by atoms with Crippen molar-refractivity contribution in [3.63, 3.8) is 0 Å². The van der Waals surface area contributed by atoms with Gasteiger partial charge in [-0.1, -0.05) is 6.92 Å². The molecule has 1 aliphatic heterocycles. The topological polar surface area (TPSA) is 79.5 Å². The number of pyridine rings is 2. The minimum atomic E-state index is -0.294. The number of fused-ring (bicyclic) bond motifs is 2. The van der Waals surface area contributed by atoms with Crippen LogP contribution < -0.4 is 15.9 Å². The van der Waals surface area contributed by atoms with Crippen molar-refractivity contribution in [1.82, 2.24) is 9.13 Å². The fourth-order valence-electron chi connectivity index (χ4n) is 3.62. The minimum Gasteiger partial charge on any atom is -0.468 e. The predicted molar refractivity (Wildman–Crippen MR) is 101 cm³/mol. The van der Waals surface area contributed by atoms with Crippen LogP contribution in [0.2, 0.25) is 0 Å². The zero-order valence-electron chi connectivity index (χ0n) is 15.5. The van der Waals surface area contributed by atoms with E-state index in [4.69, 9.17) is 9.47 Å². The van der Waals surface area contributed by atoms with E-state index in [2.05, 4.69) is 0 Å². The summed E-state index contributed by atoms with van der Waals surface area (Å²) in [5, 5.41) is 1.66. The molecule has 0 unspecified atom stereocenters. The zero-order chi connectivity index (χ0) is 19.3. The van der Waals surface area contributed by atoms with Crippen LogP contribution >= 0.6 is 0 Å². The highest BCUT2D eigenvalue weighted by Crippen LogP contribution is 2.39. The van der Waals surface area contributed by atoms with Gasteiger partial charge in [-0.2, -0.15) is 0 Å². The van der Waals surface area contributed by atoms with Crippen LogP contribution in [0.25, 0.3) is 21.8 Å². The smallest absolute Gasteiger partial charge is 0.306 e. The van der Waals surface area contributed by atoms with Crippen LogP contribution in [0.15, 0.2) is 27.8 Å². The number of ether oxygens (including phenoxy) is 2. The van der Waals surface area contributed by atoms with Gasteiger partial charge in [0.25, 0.3) is 11.1 Å². The van der Waals surface area contributed by atoms with Gasteiger partial charge in [-0.3, -0.25) is 19.0 Å². The first-order valence-electron chi connectivity index (χ1n) is 8.90. The maximum atomic E-state index is 12.5. The molecule has 3 heterocycles. The number of aromatic nitrogens is 2. The van der Waals surface area contributed by atoms with Crippen LogP contribution in [0.3, 0.4) is 0 Å². The summed E-state index contributed by atoms with van der Waals surface area (Å²) in [5.41, 5.74) is 2.41. The van der Waals surface area contributed by atoms with E-state index >= 15 is 0 Å². The summed E-state index contributed by atoms with van der Waals surface area (Å²) in [6, 6.07) is 5.01. The lowest BCUT2D eigenvalue weighted by Crippen LogP contribution is -2.19. The number of rotatable bonds is 4. The Kier molecular flexibility index (Phi) is 4.02.